The van der Waals surface area contributed by atoms with Gasteiger partial charge in [0, 0.05) is 36.7 Å². The van der Waals surface area contributed by atoms with Gasteiger partial charge in [-0.25, -0.2) is 4.79 Å². The van der Waals surface area contributed by atoms with E-state index in [0.29, 0.717) is 28.7 Å². The predicted molar refractivity (Wildman–Crippen MR) is 141 cm³/mol. The van der Waals surface area contributed by atoms with Crippen molar-refractivity contribution in [3.8, 4) is 17.2 Å². The number of para-hydroxylation sites is 1. The van der Waals surface area contributed by atoms with Crippen LogP contribution in [0.25, 0.3) is 0 Å². The van der Waals surface area contributed by atoms with Gasteiger partial charge in [0.2, 0.25) is 5.75 Å². The molecule has 6 bridgehead atoms. The van der Waals surface area contributed by atoms with Crippen LogP contribution in [0.1, 0.15) is 42.1 Å². The van der Waals surface area contributed by atoms with Gasteiger partial charge in [0.1, 0.15) is 12.3 Å². The minimum Gasteiger partial charge on any atom is -0.493 e. The Labute approximate surface area is 223 Å². The lowest BCUT2D eigenvalue weighted by Crippen LogP contribution is -2.72. The zero-order valence-corrected chi connectivity index (χ0v) is 22.6. The van der Waals surface area contributed by atoms with E-state index in [1.165, 1.54) is 11.3 Å². The molecule has 5 fully saturated rings. The Morgan fingerprint density at radius 2 is 1.79 bits per heavy atom. The summed E-state index contributed by atoms with van der Waals surface area (Å²) in [6, 6.07) is 12.5. The third kappa shape index (κ3) is 2.75. The molecule has 2 aromatic carbocycles. The van der Waals surface area contributed by atoms with Crippen LogP contribution < -0.4 is 19.1 Å². The van der Waals surface area contributed by atoms with Gasteiger partial charge in [-0.3, -0.25) is 4.90 Å². The number of carbonyl (C=O) groups excluding carboxylic acids is 1. The topological polar surface area (TPSA) is 80.7 Å². The predicted octanol–water partition coefficient (Wildman–Crippen LogP) is 3.45. The number of esters is 1. The first-order valence-corrected chi connectivity index (χ1v) is 13.7. The normalized spacial score (nSPS) is 39.1. The molecule has 0 aromatic heterocycles. The molecule has 8 heteroatoms. The summed E-state index contributed by atoms with van der Waals surface area (Å²) in [5.41, 5.74) is 2.55. The number of aliphatic hydroxyl groups excluding tert-OH is 1. The molecule has 10 atom stereocenters. The van der Waals surface area contributed by atoms with Crippen LogP contribution in [-0.4, -0.2) is 74.8 Å². The Bertz CT molecular complexity index is 1270. The van der Waals surface area contributed by atoms with Crippen LogP contribution in [0.3, 0.4) is 0 Å². The minimum atomic E-state index is -0.440. The number of piperidine rings is 4. The summed E-state index contributed by atoms with van der Waals surface area (Å²) < 4.78 is 23.2. The fourth-order valence-corrected chi connectivity index (χ4v) is 9.41. The van der Waals surface area contributed by atoms with E-state index < -0.39 is 6.23 Å². The average Bonchev–Trinajstić information content (AvgIpc) is 3.34. The molecule has 1 saturated carbocycles. The molecular weight excluding hydrogens is 484 g/mol. The van der Waals surface area contributed by atoms with Crippen molar-refractivity contribution in [2.24, 2.45) is 17.8 Å². The number of rotatable bonds is 6. The first kappa shape index (κ1) is 24.1. The van der Waals surface area contributed by atoms with Gasteiger partial charge in [-0.2, -0.15) is 0 Å². The van der Waals surface area contributed by atoms with Crippen LogP contribution in [0.2, 0.25) is 0 Å². The van der Waals surface area contributed by atoms with Crippen molar-refractivity contribution < 1.29 is 28.8 Å². The van der Waals surface area contributed by atoms with Gasteiger partial charge in [-0.05, 0) is 48.9 Å². The zero-order valence-electron chi connectivity index (χ0n) is 22.6. The molecule has 8 rings (SSSR count). The highest BCUT2D eigenvalue weighted by molar-refractivity contribution is 5.91. The summed E-state index contributed by atoms with van der Waals surface area (Å²) in [6.45, 7) is 2.17. The van der Waals surface area contributed by atoms with Crippen LogP contribution in [0, 0.1) is 17.8 Å². The first-order chi connectivity index (χ1) is 18.4. The molecule has 5 heterocycles. The number of aliphatic hydroxyl groups is 1. The lowest BCUT2D eigenvalue weighted by molar-refractivity contribution is -0.211. The van der Waals surface area contributed by atoms with E-state index in [9.17, 15) is 9.90 Å². The summed E-state index contributed by atoms with van der Waals surface area (Å²) in [4.78, 5) is 18.7. The molecule has 0 radical (unpaired) electrons. The smallest absolute Gasteiger partial charge is 0.338 e. The summed E-state index contributed by atoms with van der Waals surface area (Å²) in [5.74, 6) is 1.58. The maximum Gasteiger partial charge on any atom is 0.338 e. The second-order valence-electron chi connectivity index (χ2n) is 11.6. The number of nitrogens with zero attached hydrogens (tertiary/aromatic N) is 2. The van der Waals surface area contributed by atoms with Crippen molar-refractivity contribution in [2.45, 2.75) is 62.1 Å². The van der Waals surface area contributed by atoms with E-state index in [1.807, 2.05) is 0 Å². The fraction of sp³-hybridized carbons (Fsp3) is 0.567. The van der Waals surface area contributed by atoms with Gasteiger partial charge < -0.3 is 29.0 Å². The summed E-state index contributed by atoms with van der Waals surface area (Å²) in [7, 11) is 6.80. The van der Waals surface area contributed by atoms with Gasteiger partial charge in [0.15, 0.2) is 11.5 Å². The summed E-state index contributed by atoms with van der Waals surface area (Å²) in [6.07, 6.45) is 2.09. The lowest BCUT2D eigenvalue weighted by Gasteiger charge is -2.62. The second kappa shape index (κ2) is 8.26. The molecule has 202 valence electrons. The van der Waals surface area contributed by atoms with Gasteiger partial charge in [0.25, 0.3) is 0 Å². The second-order valence-corrected chi connectivity index (χ2v) is 11.6. The monoisotopic (exact) mass is 520 g/mol. The third-order valence-corrected chi connectivity index (χ3v) is 10.6. The largest absolute Gasteiger partial charge is 0.493 e. The lowest BCUT2D eigenvalue weighted by atomic mass is 9.62. The highest BCUT2D eigenvalue weighted by Gasteiger charge is 2.77. The van der Waals surface area contributed by atoms with Gasteiger partial charge in [-0.15, -0.1) is 0 Å². The van der Waals surface area contributed by atoms with Crippen molar-refractivity contribution in [3.63, 3.8) is 0 Å². The molecule has 8 nitrogen and oxygen atoms in total. The zero-order chi connectivity index (χ0) is 26.5. The van der Waals surface area contributed by atoms with Crippen molar-refractivity contribution in [2.75, 3.05) is 33.3 Å². The molecule has 1 aliphatic carbocycles. The van der Waals surface area contributed by atoms with E-state index in [-0.39, 0.29) is 47.4 Å². The van der Waals surface area contributed by atoms with Crippen LogP contribution in [0.15, 0.2) is 36.4 Å². The summed E-state index contributed by atoms with van der Waals surface area (Å²) >= 11 is 0. The highest BCUT2D eigenvalue weighted by Crippen LogP contribution is 2.69. The fourth-order valence-electron chi connectivity index (χ4n) is 9.41. The SMILES string of the molecule is CC[C@H]1C2C[C@H]3[C@@H]4N(C)c5ccccc5C45C[C@@H](C2[C@H]5OC(=O)c2cc(OC)c(OC)c(OC)c2)N3[C@@H]1O. The van der Waals surface area contributed by atoms with E-state index >= 15 is 0 Å². The minimum absolute atomic E-state index is 0.136. The Morgan fingerprint density at radius 1 is 1.08 bits per heavy atom. The molecule has 1 N–H and O–H groups in total. The Balaban J connectivity index is 1.35. The highest BCUT2D eigenvalue weighted by atomic mass is 16.5. The first-order valence-electron chi connectivity index (χ1n) is 13.7. The van der Waals surface area contributed by atoms with Gasteiger partial charge in [-0.1, -0.05) is 25.1 Å². The Kier molecular flexibility index (Phi) is 5.24. The number of carbonyl (C=O) groups is 1. The molecule has 5 aliphatic heterocycles. The van der Waals surface area contributed by atoms with E-state index in [2.05, 4.69) is 48.0 Å². The van der Waals surface area contributed by atoms with E-state index in [0.717, 1.165) is 19.3 Å². The van der Waals surface area contributed by atoms with Gasteiger partial charge in [0.05, 0.1) is 38.3 Å². The standard InChI is InChI=1S/C30H36N2O6/c1-6-16-17-13-20-26-30(18-9-7-8-10-19(18)31(26)2)14-21(32(20)28(16)33)24(17)27(30)38-29(34)15-11-22(35-3)25(37-5)23(12-15)36-4/h7-12,16-17,20-21,24,26-28,33H,6,13-14H2,1-5H3/t16-,17?,20-,21-,24?,26-,27+,28+,30?/m0/s1. The number of hydrogen-bond acceptors (Lipinski definition) is 8. The quantitative estimate of drug-likeness (QED) is 0.581. The van der Waals surface area contributed by atoms with Crippen LogP contribution in [0.4, 0.5) is 5.69 Å². The number of likely N-dealkylation sites (N-methyl/N-ethyl adjacent to an activating group) is 1. The van der Waals surface area contributed by atoms with Crippen molar-refractivity contribution in [3.05, 3.63) is 47.5 Å². The third-order valence-electron chi connectivity index (χ3n) is 10.6. The summed E-state index contributed by atoms with van der Waals surface area (Å²) in [5, 5.41) is 11.5. The van der Waals surface area contributed by atoms with Crippen LogP contribution in [-0.2, 0) is 10.2 Å². The van der Waals surface area contributed by atoms with E-state index in [4.69, 9.17) is 18.9 Å². The number of methoxy groups -OCH3 is 3. The van der Waals surface area contributed by atoms with Crippen molar-refractivity contribution >= 4 is 11.7 Å². The number of hydrogen-bond donors (Lipinski definition) is 1. The molecule has 0 amide bonds. The van der Waals surface area contributed by atoms with Crippen LogP contribution in [0.5, 0.6) is 17.2 Å². The molecule has 2 aromatic rings. The maximum absolute atomic E-state index is 13.9. The van der Waals surface area contributed by atoms with Crippen molar-refractivity contribution in [1.29, 1.82) is 0 Å². The maximum atomic E-state index is 13.9. The number of anilines is 1. The van der Waals surface area contributed by atoms with Crippen molar-refractivity contribution in [1.82, 2.24) is 4.90 Å². The molecule has 1 spiro atoms. The molecule has 4 unspecified atom stereocenters. The number of benzene rings is 2. The average molecular weight is 521 g/mol. The Hall–Kier alpha value is -2.97. The van der Waals surface area contributed by atoms with Crippen LogP contribution >= 0.6 is 0 Å². The Morgan fingerprint density at radius 3 is 2.45 bits per heavy atom. The van der Waals surface area contributed by atoms with Gasteiger partial charge >= 0.3 is 5.97 Å². The molecular formula is C30H36N2O6. The molecule has 38 heavy (non-hydrogen) atoms. The number of fused-ring (bicyclic) bond motifs is 2. The molecule has 6 aliphatic rings. The molecule has 4 saturated heterocycles. The number of ether oxygens (including phenoxy) is 4. The van der Waals surface area contributed by atoms with E-state index in [1.54, 1.807) is 33.5 Å².